The molecule has 1 aliphatic rings. The van der Waals surface area contributed by atoms with Crippen molar-refractivity contribution < 1.29 is 9.60 Å². The highest BCUT2D eigenvalue weighted by molar-refractivity contribution is 6.00. The summed E-state index contributed by atoms with van der Waals surface area (Å²) in [5, 5.41) is 18.0. The highest BCUT2D eigenvalue weighted by atomic mass is 19.1. The molecule has 9 nitrogen and oxygen atoms in total. The van der Waals surface area contributed by atoms with Crippen LogP contribution in [-0.2, 0) is 0 Å². The standard InChI is InChI=1S/C24H25FN8O/c1-14(2)33-13-27-30-24(33)18-5-4-6-20(28-18)29-23(31-34)17-10-7-15(3)22(21(17)25)32-11-19(26-12-32)16-8-9-16/h4-7,10-14,16,34H,8-9H2,1-3H3,(H,28,29,31). The molecule has 0 bridgehead atoms. The summed E-state index contributed by atoms with van der Waals surface area (Å²) in [6, 6.07) is 8.76. The van der Waals surface area contributed by atoms with Crippen LogP contribution in [0.1, 0.15) is 55.5 Å². The summed E-state index contributed by atoms with van der Waals surface area (Å²) < 4.78 is 19.3. The fraction of sp³-hybridized carbons (Fsp3) is 0.292. The lowest BCUT2D eigenvalue weighted by atomic mass is 10.1. The number of hydroxylamine groups is 1. The number of amidine groups is 1. The third-order valence-electron chi connectivity index (χ3n) is 5.85. The van der Waals surface area contributed by atoms with E-state index in [1.807, 2.05) is 37.0 Å². The summed E-state index contributed by atoms with van der Waals surface area (Å²) >= 11 is 0. The number of nitrogens with one attached hydrogen (secondary N) is 1. The van der Waals surface area contributed by atoms with Gasteiger partial charge in [-0.2, -0.15) is 0 Å². The van der Waals surface area contributed by atoms with Crippen LogP contribution in [0.25, 0.3) is 17.2 Å². The molecule has 0 spiro atoms. The Balaban J connectivity index is 1.53. The van der Waals surface area contributed by atoms with E-state index in [-0.39, 0.29) is 23.3 Å². The molecule has 1 saturated carbocycles. The van der Waals surface area contributed by atoms with Gasteiger partial charge in [-0.1, -0.05) is 12.1 Å². The van der Waals surface area contributed by atoms with Gasteiger partial charge in [-0.15, -0.1) is 10.2 Å². The van der Waals surface area contributed by atoms with Crippen molar-refractivity contribution in [3.05, 3.63) is 71.8 Å². The molecule has 0 aliphatic heterocycles. The van der Waals surface area contributed by atoms with Crippen LogP contribution in [0.4, 0.5) is 10.2 Å². The molecule has 0 amide bonds. The van der Waals surface area contributed by atoms with Gasteiger partial charge in [0.2, 0.25) is 0 Å². The van der Waals surface area contributed by atoms with Crippen LogP contribution >= 0.6 is 0 Å². The smallest absolute Gasteiger partial charge is 0.182 e. The van der Waals surface area contributed by atoms with Crippen molar-refractivity contribution in [3.8, 4) is 17.2 Å². The fourth-order valence-electron chi connectivity index (χ4n) is 3.89. The minimum Gasteiger partial charge on any atom is -0.310 e. The number of nitrogens with zero attached hydrogens (tertiary/aromatic N) is 7. The molecule has 1 aromatic carbocycles. The third-order valence-corrected chi connectivity index (χ3v) is 5.85. The number of halogens is 1. The maximum absolute atomic E-state index is 15.7. The van der Waals surface area contributed by atoms with E-state index in [0.29, 0.717) is 23.1 Å². The van der Waals surface area contributed by atoms with Crippen LogP contribution in [0.3, 0.4) is 0 Å². The second-order valence-corrected chi connectivity index (χ2v) is 8.68. The summed E-state index contributed by atoms with van der Waals surface area (Å²) in [4.78, 5) is 13.3. The van der Waals surface area contributed by atoms with Gasteiger partial charge in [-0.25, -0.2) is 19.4 Å². The number of aromatic nitrogens is 6. The first-order chi connectivity index (χ1) is 16.5. The SMILES string of the molecule is Cc1ccc(C(=Nc2cccc(-c3nncn3C(C)C)n2)NO)c(F)c1-n1cnc(C2CC2)c1. The second-order valence-electron chi connectivity index (χ2n) is 8.68. The van der Waals surface area contributed by atoms with Crippen molar-refractivity contribution in [1.29, 1.82) is 0 Å². The quantitative estimate of drug-likeness (QED) is 0.250. The average molecular weight is 461 g/mol. The second kappa shape index (κ2) is 8.79. The van der Waals surface area contributed by atoms with Gasteiger partial charge in [0.1, 0.15) is 12.0 Å². The first-order valence-corrected chi connectivity index (χ1v) is 11.2. The molecule has 0 radical (unpaired) electrons. The molecular weight excluding hydrogens is 435 g/mol. The van der Waals surface area contributed by atoms with Crippen LogP contribution in [0.2, 0.25) is 0 Å². The maximum Gasteiger partial charge on any atom is 0.182 e. The lowest BCUT2D eigenvalue weighted by Gasteiger charge is -2.13. The molecule has 10 heteroatoms. The van der Waals surface area contributed by atoms with Crippen LogP contribution in [0, 0.1) is 12.7 Å². The highest BCUT2D eigenvalue weighted by Gasteiger charge is 2.26. The zero-order valence-electron chi connectivity index (χ0n) is 19.1. The molecule has 0 unspecified atom stereocenters. The number of rotatable bonds is 6. The molecule has 3 heterocycles. The van der Waals surface area contributed by atoms with E-state index < -0.39 is 5.82 Å². The molecule has 5 rings (SSSR count). The summed E-state index contributed by atoms with van der Waals surface area (Å²) in [6.45, 7) is 5.88. The molecule has 4 aromatic rings. The van der Waals surface area contributed by atoms with Crippen molar-refractivity contribution in [2.24, 2.45) is 4.99 Å². The van der Waals surface area contributed by atoms with E-state index in [2.05, 4.69) is 25.2 Å². The average Bonchev–Trinajstić information content (AvgIpc) is 3.35. The molecule has 0 saturated heterocycles. The van der Waals surface area contributed by atoms with Crippen molar-refractivity contribution in [1.82, 2.24) is 34.8 Å². The van der Waals surface area contributed by atoms with Crippen molar-refractivity contribution in [2.45, 2.75) is 45.6 Å². The topological polar surface area (TPSA) is 106 Å². The number of hydrogen-bond acceptors (Lipinski definition) is 6. The summed E-state index contributed by atoms with van der Waals surface area (Å²) in [5.41, 5.74) is 4.79. The van der Waals surface area contributed by atoms with E-state index in [1.54, 1.807) is 47.6 Å². The molecule has 174 valence electrons. The molecule has 0 atom stereocenters. The largest absolute Gasteiger partial charge is 0.310 e. The number of pyridine rings is 1. The first-order valence-electron chi connectivity index (χ1n) is 11.2. The van der Waals surface area contributed by atoms with Gasteiger partial charge < -0.3 is 9.13 Å². The van der Waals surface area contributed by atoms with Crippen LogP contribution < -0.4 is 5.48 Å². The van der Waals surface area contributed by atoms with Gasteiger partial charge in [-0.3, -0.25) is 10.7 Å². The van der Waals surface area contributed by atoms with Gasteiger partial charge in [0.15, 0.2) is 23.3 Å². The van der Waals surface area contributed by atoms with E-state index in [0.717, 1.165) is 24.1 Å². The number of aryl methyl sites for hydroxylation is 1. The zero-order chi connectivity index (χ0) is 23.8. The minimum absolute atomic E-state index is 0.0590. The van der Waals surface area contributed by atoms with E-state index in [9.17, 15) is 5.21 Å². The number of imidazole rings is 1. The lowest BCUT2D eigenvalue weighted by Crippen LogP contribution is -2.22. The highest BCUT2D eigenvalue weighted by Crippen LogP contribution is 2.39. The lowest BCUT2D eigenvalue weighted by molar-refractivity contribution is 0.234. The Kier molecular flexibility index (Phi) is 5.66. The summed E-state index contributed by atoms with van der Waals surface area (Å²) in [6.07, 6.45) is 7.37. The third kappa shape index (κ3) is 4.08. The van der Waals surface area contributed by atoms with Crippen molar-refractivity contribution >= 4 is 11.7 Å². The Morgan fingerprint density at radius 1 is 1.21 bits per heavy atom. The molecular formula is C24H25FN8O. The van der Waals surface area contributed by atoms with Gasteiger partial charge in [-0.05, 0) is 57.4 Å². The van der Waals surface area contributed by atoms with E-state index in [1.165, 1.54) is 0 Å². The Bertz CT molecular complexity index is 1370. The van der Waals surface area contributed by atoms with Crippen molar-refractivity contribution in [2.75, 3.05) is 0 Å². The van der Waals surface area contributed by atoms with Crippen molar-refractivity contribution in [3.63, 3.8) is 0 Å². The summed E-state index contributed by atoms with van der Waals surface area (Å²) in [7, 11) is 0. The zero-order valence-corrected chi connectivity index (χ0v) is 19.1. The van der Waals surface area contributed by atoms with Gasteiger partial charge in [0.05, 0.1) is 23.3 Å². The number of hydrogen-bond donors (Lipinski definition) is 2. The molecule has 1 aliphatic carbocycles. The van der Waals surface area contributed by atoms with Crippen LogP contribution in [0.15, 0.2) is 54.2 Å². The Hall–Kier alpha value is -3.92. The van der Waals surface area contributed by atoms with Gasteiger partial charge in [0.25, 0.3) is 0 Å². The number of benzene rings is 1. The Labute approximate surface area is 196 Å². The van der Waals surface area contributed by atoms with E-state index in [4.69, 9.17) is 0 Å². The van der Waals surface area contributed by atoms with Gasteiger partial charge >= 0.3 is 0 Å². The van der Waals surface area contributed by atoms with Gasteiger partial charge in [0, 0.05) is 18.2 Å². The molecule has 34 heavy (non-hydrogen) atoms. The Morgan fingerprint density at radius 2 is 2.03 bits per heavy atom. The molecule has 3 aromatic heterocycles. The van der Waals surface area contributed by atoms with Crippen LogP contribution in [0.5, 0.6) is 0 Å². The number of aliphatic imine (C=N–C) groups is 1. The van der Waals surface area contributed by atoms with E-state index >= 15 is 4.39 Å². The molecule has 1 fully saturated rings. The predicted molar refractivity (Wildman–Crippen MR) is 125 cm³/mol. The maximum atomic E-state index is 15.7. The summed E-state index contributed by atoms with van der Waals surface area (Å²) in [5.74, 6) is 0.768. The minimum atomic E-state index is -0.518. The van der Waals surface area contributed by atoms with Crippen LogP contribution in [-0.4, -0.2) is 40.3 Å². The first kappa shape index (κ1) is 21.9. The monoisotopic (exact) mass is 460 g/mol. The molecule has 2 N–H and O–H groups in total. The normalized spacial score (nSPS) is 14.1. The fourth-order valence-corrected chi connectivity index (χ4v) is 3.89. The Morgan fingerprint density at radius 3 is 2.76 bits per heavy atom. The predicted octanol–water partition coefficient (Wildman–Crippen LogP) is 4.49.